The van der Waals surface area contributed by atoms with E-state index in [1.165, 1.54) is 108 Å². The van der Waals surface area contributed by atoms with Gasteiger partial charge in [-0.1, -0.05) is 200 Å². The van der Waals surface area contributed by atoms with Crippen molar-refractivity contribution in [2.45, 2.75) is 0 Å². The van der Waals surface area contributed by atoms with Crippen LogP contribution in [0.1, 0.15) is 0 Å². The van der Waals surface area contributed by atoms with Crippen LogP contribution in [-0.2, 0) is 0 Å². The molecular weight excluding hydrogens is 1290 g/mol. The van der Waals surface area contributed by atoms with Gasteiger partial charge in [0.15, 0.2) is 0 Å². The summed E-state index contributed by atoms with van der Waals surface area (Å²) in [5.74, 6) is 0. The summed E-state index contributed by atoms with van der Waals surface area (Å²) in [6.07, 6.45) is 0. The summed E-state index contributed by atoms with van der Waals surface area (Å²) in [6, 6.07) is 132. The van der Waals surface area contributed by atoms with Gasteiger partial charge in [0.25, 0.3) is 0 Å². The van der Waals surface area contributed by atoms with Crippen LogP contribution in [0.3, 0.4) is 0 Å². The second-order valence-electron chi connectivity index (χ2n) is 25.1. The fourth-order valence-corrected chi connectivity index (χ4v) is 19.3. The summed E-state index contributed by atoms with van der Waals surface area (Å²) in [7, 11) is 0. The maximum absolute atomic E-state index is 2.44. The molecule has 20 rings (SSSR count). The smallest absolute Gasteiger partial charge is 0.0554 e. The number of rotatable bonds is 12. The van der Waals surface area contributed by atoms with E-state index in [0.717, 1.165) is 62.6 Å². The van der Waals surface area contributed by atoms with Gasteiger partial charge in [-0.15, -0.1) is 45.3 Å². The number of thiophene rings is 4. The third-order valence-electron chi connectivity index (χ3n) is 19.2. The minimum atomic E-state index is 1.14. The largest absolute Gasteiger partial charge is 0.310 e. The lowest BCUT2D eigenvalue weighted by molar-refractivity contribution is 1.29. The number of fused-ring (bicyclic) bond motifs is 16. The Bertz CT molecular complexity index is 6350. The molecular formula is C92H60N4S4. The lowest BCUT2D eigenvalue weighted by Gasteiger charge is -2.27. The molecule has 0 fully saturated rings. The highest BCUT2D eigenvalue weighted by atomic mass is 32.1. The van der Waals surface area contributed by atoms with Gasteiger partial charge in [-0.05, 0) is 175 Å². The molecule has 0 spiro atoms. The molecule has 0 aliphatic rings. The molecule has 0 saturated heterocycles. The minimum absolute atomic E-state index is 1.14. The molecule has 4 heterocycles. The zero-order valence-electron chi connectivity index (χ0n) is 54.1. The highest BCUT2D eigenvalue weighted by Crippen LogP contribution is 2.50. The Hall–Kier alpha value is -11.9. The molecule has 100 heavy (non-hydrogen) atoms. The summed E-state index contributed by atoms with van der Waals surface area (Å²) in [4.78, 5) is 9.51. The Kier molecular flexibility index (Phi) is 15.0. The molecule has 0 saturated carbocycles. The number of hydrogen-bond donors (Lipinski definition) is 0. The van der Waals surface area contributed by atoms with Gasteiger partial charge >= 0.3 is 0 Å². The van der Waals surface area contributed by atoms with Crippen LogP contribution in [0.25, 0.3) is 102 Å². The van der Waals surface area contributed by atoms with Gasteiger partial charge < -0.3 is 19.6 Å². The van der Waals surface area contributed by atoms with E-state index in [1.54, 1.807) is 0 Å². The van der Waals surface area contributed by atoms with E-state index in [9.17, 15) is 0 Å². The van der Waals surface area contributed by atoms with Crippen molar-refractivity contribution in [3.63, 3.8) is 0 Å². The van der Waals surface area contributed by atoms with E-state index in [0.29, 0.717) is 0 Å². The molecule has 4 aromatic heterocycles. The first kappa shape index (κ1) is 59.4. The zero-order chi connectivity index (χ0) is 66.0. The highest BCUT2D eigenvalue weighted by molar-refractivity contribution is 7.27. The van der Waals surface area contributed by atoms with Gasteiger partial charge in [-0.3, -0.25) is 0 Å². The Balaban J connectivity index is 0.000000139. The van der Waals surface area contributed by atoms with E-state index < -0.39 is 0 Å². The maximum Gasteiger partial charge on any atom is 0.0554 e. The summed E-state index contributed by atoms with van der Waals surface area (Å²) < 4.78 is 10.4. The van der Waals surface area contributed by atoms with Crippen molar-refractivity contribution in [1.82, 2.24) is 0 Å². The second kappa shape index (κ2) is 25.2. The van der Waals surface area contributed by atoms with E-state index >= 15 is 0 Å². The first-order valence-electron chi connectivity index (χ1n) is 33.7. The van der Waals surface area contributed by atoms with Gasteiger partial charge in [-0.25, -0.2) is 0 Å². The molecule has 20 aromatic rings. The molecule has 0 aliphatic heterocycles. The molecule has 472 valence electrons. The molecule has 0 aliphatic carbocycles. The zero-order valence-corrected chi connectivity index (χ0v) is 57.3. The Morgan fingerprint density at radius 2 is 0.480 bits per heavy atom. The molecule has 0 atom stereocenters. The number of anilines is 12. The lowest BCUT2D eigenvalue weighted by atomic mass is 10.0. The molecule has 0 radical (unpaired) electrons. The van der Waals surface area contributed by atoms with Crippen molar-refractivity contribution in [2.75, 3.05) is 19.6 Å². The number of hydrogen-bond acceptors (Lipinski definition) is 8. The fourth-order valence-electron chi connectivity index (χ4n) is 14.7. The minimum Gasteiger partial charge on any atom is -0.310 e. The average Bonchev–Trinajstić information content (AvgIpc) is 1.53. The molecule has 16 aromatic carbocycles. The normalized spacial score (nSPS) is 11.6. The van der Waals surface area contributed by atoms with E-state index in [1.807, 2.05) is 45.3 Å². The third kappa shape index (κ3) is 10.6. The molecule has 0 bridgehead atoms. The van der Waals surface area contributed by atoms with Gasteiger partial charge in [-0.2, -0.15) is 0 Å². The predicted octanol–water partition coefficient (Wildman–Crippen LogP) is 29.0. The van der Waals surface area contributed by atoms with Gasteiger partial charge in [0.1, 0.15) is 0 Å². The van der Waals surface area contributed by atoms with Crippen molar-refractivity contribution < 1.29 is 0 Å². The molecule has 0 unspecified atom stereocenters. The molecule has 0 amide bonds. The monoisotopic (exact) mass is 1350 g/mol. The van der Waals surface area contributed by atoms with Crippen molar-refractivity contribution in [1.29, 1.82) is 0 Å². The molecule has 8 heteroatoms. The van der Waals surface area contributed by atoms with Crippen LogP contribution in [-0.4, -0.2) is 0 Å². The van der Waals surface area contributed by atoms with Crippen LogP contribution in [0.15, 0.2) is 364 Å². The van der Waals surface area contributed by atoms with E-state index in [4.69, 9.17) is 0 Å². The van der Waals surface area contributed by atoms with E-state index in [2.05, 4.69) is 384 Å². The SMILES string of the molecule is c1ccc(N(c2ccccc2)c2ccc3sc4cc(N(c5ccccc5)c5cc6sc7ccccc7c6c6ccccc56)ccc4c3c2)cc1.c1ccc(N(c2ccccc2)c2ccc3sc4cc(N(c5ccccc5)c5ccc6ccc7c8ccccc8sc7c6c5)ccc4c3c2)cc1. The first-order chi connectivity index (χ1) is 49.6. The summed E-state index contributed by atoms with van der Waals surface area (Å²) in [5.41, 5.74) is 13.8. The average molecular weight is 1350 g/mol. The van der Waals surface area contributed by atoms with E-state index in [-0.39, 0.29) is 0 Å². The number of benzene rings is 16. The first-order valence-corrected chi connectivity index (χ1v) is 37.0. The van der Waals surface area contributed by atoms with Crippen LogP contribution in [0.4, 0.5) is 68.2 Å². The number of nitrogens with zero attached hydrogens (tertiary/aromatic N) is 4. The van der Waals surface area contributed by atoms with Crippen molar-refractivity contribution in [3.8, 4) is 0 Å². The quantitative estimate of drug-likeness (QED) is 0.121. The third-order valence-corrected chi connectivity index (χ3v) is 23.8. The Labute approximate surface area is 594 Å². The fraction of sp³-hybridized carbons (Fsp3) is 0. The lowest BCUT2D eigenvalue weighted by Crippen LogP contribution is -2.10. The van der Waals surface area contributed by atoms with Crippen molar-refractivity contribution in [2.24, 2.45) is 0 Å². The summed E-state index contributed by atoms with van der Waals surface area (Å²) >= 11 is 7.48. The predicted molar refractivity (Wildman–Crippen MR) is 438 cm³/mol. The topological polar surface area (TPSA) is 13.0 Å². The van der Waals surface area contributed by atoms with Crippen molar-refractivity contribution in [3.05, 3.63) is 364 Å². The highest BCUT2D eigenvalue weighted by Gasteiger charge is 2.23. The Morgan fingerprint density at radius 3 is 0.980 bits per heavy atom. The molecule has 4 nitrogen and oxygen atoms in total. The van der Waals surface area contributed by atoms with Gasteiger partial charge in [0.2, 0.25) is 0 Å². The Morgan fingerprint density at radius 1 is 0.160 bits per heavy atom. The van der Waals surface area contributed by atoms with Crippen molar-refractivity contribution >= 4 is 216 Å². The van der Waals surface area contributed by atoms with Crippen LogP contribution >= 0.6 is 45.3 Å². The van der Waals surface area contributed by atoms with Crippen LogP contribution < -0.4 is 19.6 Å². The van der Waals surface area contributed by atoms with Gasteiger partial charge in [0.05, 0.1) is 5.69 Å². The summed E-state index contributed by atoms with van der Waals surface area (Å²) in [6.45, 7) is 0. The number of para-hydroxylation sites is 6. The van der Waals surface area contributed by atoms with Crippen LogP contribution in [0.5, 0.6) is 0 Å². The second-order valence-corrected chi connectivity index (χ2v) is 29.4. The van der Waals surface area contributed by atoms with Crippen LogP contribution in [0.2, 0.25) is 0 Å². The maximum atomic E-state index is 2.44. The van der Waals surface area contributed by atoms with Gasteiger partial charge in [0, 0.05) is 154 Å². The standard InChI is InChI=1S/2C46H30N2S2/c1-4-14-31(15-5-1)47(32-16-6-2-7-17-32)34-25-27-43-40(28-34)37-26-24-35(29-44(37)49-43)48(33-18-8-3-9-19-33)41-30-45-46(38-21-11-10-20-36(38)41)39-22-12-13-23-42(39)50-45;1-4-12-32(13-5-1)47(33-14-6-2-7-15-33)36-24-27-44-42(29-36)39-26-23-37(30-45(39)49-44)48(34-16-8-3-9-17-34)35-22-20-31-21-25-40-38-18-10-11-19-43(38)50-46(40)41(31)28-35/h2*1-30H. The molecule has 0 N–H and O–H groups in total. The summed E-state index contributed by atoms with van der Waals surface area (Å²) in [5, 5.41) is 15.5. The van der Waals surface area contributed by atoms with Crippen LogP contribution in [0, 0.1) is 0 Å².